The van der Waals surface area contributed by atoms with E-state index in [-0.39, 0.29) is 12.7 Å². The smallest absolute Gasteiger partial charge is 0.271 e. The maximum atomic E-state index is 12.4. The number of nitrogens with zero attached hydrogens (tertiary/aromatic N) is 1. The molecule has 0 aliphatic carbocycles. The lowest BCUT2D eigenvalue weighted by Crippen LogP contribution is -2.23. The fourth-order valence-corrected chi connectivity index (χ4v) is 3.36. The van der Waals surface area contributed by atoms with Crippen LogP contribution in [0.15, 0.2) is 47.8 Å². The molecule has 4 rings (SSSR count). The highest BCUT2D eigenvalue weighted by molar-refractivity contribution is 7.14. The van der Waals surface area contributed by atoms with Crippen molar-refractivity contribution >= 4 is 28.1 Å². The highest BCUT2D eigenvalue weighted by Gasteiger charge is 2.15. The number of carbonyl (C=O) groups is 1. The molecule has 7 nitrogen and oxygen atoms in total. The number of thiazole rings is 1. The highest BCUT2D eigenvalue weighted by Crippen LogP contribution is 2.35. The molecule has 1 aromatic heterocycles. The second kappa shape index (κ2) is 7.55. The van der Waals surface area contributed by atoms with Crippen LogP contribution in [0.4, 0.5) is 10.8 Å². The van der Waals surface area contributed by atoms with Crippen LogP contribution in [-0.4, -0.2) is 24.8 Å². The van der Waals surface area contributed by atoms with Crippen LogP contribution in [0.2, 0.25) is 0 Å². The number of benzene rings is 2. The van der Waals surface area contributed by atoms with E-state index in [0.717, 1.165) is 22.7 Å². The molecule has 0 radical (unpaired) electrons. The molecular formula is C19H17N3O4S. The summed E-state index contributed by atoms with van der Waals surface area (Å²) in [6.07, 6.45) is 0. The Morgan fingerprint density at radius 2 is 2.07 bits per heavy atom. The van der Waals surface area contributed by atoms with Crippen LogP contribution in [0, 0.1) is 0 Å². The van der Waals surface area contributed by atoms with Crippen molar-refractivity contribution in [3.8, 4) is 17.2 Å². The Hall–Kier alpha value is -3.26. The van der Waals surface area contributed by atoms with E-state index in [2.05, 4.69) is 15.6 Å². The van der Waals surface area contributed by atoms with Gasteiger partial charge in [0.05, 0.1) is 7.11 Å². The molecular weight excluding hydrogens is 366 g/mol. The Balaban J connectivity index is 1.39. The number of hydrogen-bond donors (Lipinski definition) is 2. The molecule has 138 valence electrons. The van der Waals surface area contributed by atoms with E-state index in [4.69, 9.17) is 14.2 Å². The Labute approximate surface area is 159 Å². The SMILES string of the molecule is COc1ccccc1CNC(=O)c1csc(Nc2ccc3c(c2)OCO3)n1. The van der Waals surface area contributed by atoms with Gasteiger partial charge in [0.25, 0.3) is 5.91 Å². The summed E-state index contributed by atoms with van der Waals surface area (Å²) in [6, 6.07) is 13.1. The summed E-state index contributed by atoms with van der Waals surface area (Å²) in [6.45, 7) is 0.595. The fourth-order valence-electron chi connectivity index (χ4n) is 2.65. The monoisotopic (exact) mass is 383 g/mol. The maximum Gasteiger partial charge on any atom is 0.271 e. The van der Waals surface area contributed by atoms with E-state index < -0.39 is 0 Å². The van der Waals surface area contributed by atoms with Crippen molar-refractivity contribution in [2.45, 2.75) is 6.54 Å². The van der Waals surface area contributed by atoms with E-state index in [9.17, 15) is 4.79 Å². The number of ether oxygens (including phenoxy) is 3. The number of amides is 1. The van der Waals surface area contributed by atoms with E-state index in [1.807, 2.05) is 42.5 Å². The minimum Gasteiger partial charge on any atom is -0.496 e. The number of anilines is 2. The summed E-state index contributed by atoms with van der Waals surface area (Å²) in [7, 11) is 1.61. The van der Waals surface area contributed by atoms with Gasteiger partial charge in [0.1, 0.15) is 11.4 Å². The predicted octanol–water partition coefficient (Wildman–Crippen LogP) is 3.55. The van der Waals surface area contributed by atoms with Gasteiger partial charge < -0.3 is 24.8 Å². The lowest BCUT2D eigenvalue weighted by atomic mass is 10.2. The number of carbonyl (C=O) groups excluding carboxylic acids is 1. The minimum atomic E-state index is -0.240. The third kappa shape index (κ3) is 3.80. The van der Waals surface area contributed by atoms with Gasteiger partial charge in [-0.25, -0.2) is 4.98 Å². The van der Waals surface area contributed by atoms with Crippen molar-refractivity contribution in [3.63, 3.8) is 0 Å². The van der Waals surface area contributed by atoms with Gasteiger partial charge in [-0.2, -0.15) is 0 Å². The van der Waals surface area contributed by atoms with Crippen molar-refractivity contribution in [1.29, 1.82) is 0 Å². The summed E-state index contributed by atoms with van der Waals surface area (Å²) in [5.41, 5.74) is 2.08. The van der Waals surface area contributed by atoms with Gasteiger partial charge in [0.2, 0.25) is 6.79 Å². The molecule has 2 aromatic carbocycles. The first-order valence-corrected chi connectivity index (χ1v) is 9.13. The van der Waals surface area contributed by atoms with Gasteiger partial charge in [0, 0.05) is 29.2 Å². The summed E-state index contributed by atoms with van der Waals surface area (Å²) in [5, 5.41) is 8.37. The average molecular weight is 383 g/mol. The molecule has 3 aromatic rings. The zero-order valence-corrected chi connectivity index (χ0v) is 15.3. The van der Waals surface area contributed by atoms with E-state index >= 15 is 0 Å². The van der Waals surface area contributed by atoms with Gasteiger partial charge in [-0.05, 0) is 18.2 Å². The number of methoxy groups -OCH3 is 1. The average Bonchev–Trinajstić information content (AvgIpc) is 3.35. The normalized spacial score (nSPS) is 11.9. The van der Waals surface area contributed by atoms with Gasteiger partial charge in [-0.1, -0.05) is 18.2 Å². The molecule has 27 heavy (non-hydrogen) atoms. The van der Waals surface area contributed by atoms with Crippen molar-refractivity contribution in [2.75, 3.05) is 19.2 Å². The van der Waals surface area contributed by atoms with Crippen LogP contribution in [0.3, 0.4) is 0 Å². The largest absolute Gasteiger partial charge is 0.496 e. The lowest BCUT2D eigenvalue weighted by molar-refractivity contribution is 0.0946. The first-order valence-electron chi connectivity index (χ1n) is 8.25. The Kier molecular flexibility index (Phi) is 4.80. The van der Waals surface area contributed by atoms with Crippen LogP contribution >= 0.6 is 11.3 Å². The summed E-state index contributed by atoms with van der Waals surface area (Å²) < 4.78 is 15.9. The molecule has 0 bridgehead atoms. The van der Waals surface area contributed by atoms with E-state index in [0.29, 0.717) is 23.1 Å². The van der Waals surface area contributed by atoms with E-state index in [1.54, 1.807) is 12.5 Å². The third-order valence-corrected chi connectivity index (χ3v) is 4.75. The van der Waals surface area contributed by atoms with Crippen molar-refractivity contribution in [2.24, 2.45) is 0 Å². The van der Waals surface area contributed by atoms with E-state index in [1.165, 1.54) is 11.3 Å². The maximum absolute atomic E-state index is 12.4. The van der Waals surface area contributed by atoms with Crippen LogP contribution in [0.1, 0.15) is 16.1 Å². The summed E-state index contributed by atoms with van der Waals surface area (Å²) in [4.78, 5) is 16.7. The molecule has 0 saturated heterocycles. The number of nitrogens with one attached hydrogen (secondary N) is 2. The lowest BCUT2D eigenvalue weighted by Gasteiger charge is -2.08. The van der Waals surface area contributed by atoms with Crippen LogP contribution in [-0.2, 0) is 6.54 Å². The number of para-hydroxylation sites is 1. The standard InChI is InChI=1S/C19H17N3O4S/c1-24-15-5-3-2-4-12(15)9-20-18(23)14-10-27-19(22-14)21-13-6-7-16-17(8-13)26-11-25-16/h2-8,10H,9,11H2,1H3,(H,20,23)(H,21,22). The van der Waals surface area contributed by atoms with Crippen molar-refractivity contribution in [3.05, 3.63) is 59.1 Å². The van der Waals surface area contributed by atoms with Crippen LogP contribution in [0.5, 0.6) is 17.2 Å². The Bertz CT molecular complexity index is 973. The topological polar surface area (TPSA) is 81.7 Å². The van der Waals surface area contributed by atoms with Crippen molar-refractivity contribution < 1.29 is 19.0 Å². The first-order chi connectivity index (χ1) is 13.2. The fraction of sp³-hybridized carbons (Fsp3) is 0.158. The van der Waals surface area contributed by atoms with Crippen LogP contribution < -0.4 is 24.8 Å². The third-order valence-electron chi connectivity index (χ3n) is 3.99. The molecule has 0 saturated carbocycles. The Morgan fingerprint density at radius 3 is 2.96 bits per heavy atom. The highest BCUT2D eigenvalue weighted by atomic mass is 32.1. The molecule has 0 unspecified atom stereocenters. The first kappa shape index (κ1) is 17.2. The summed E-state index contributed by atoms with van der Waals surface area (Å²) in [5.74, 6) is 1.90. The van der Waals surface area contributed by atoms with Crippen LogP contribution in [0.25, 0.3) is 0 Å². The Morgan fingerprint density at radius 1 is 1.22 bits per heavy atom. The number of aromatic nitrogens is 1. The predicted molar refractivity (Wildman–Crippen MR) is 102 cm³/mol. The van der Waals surface area contributed by atoms with Gasteiger partial charge >= 0.3 is 0 Å². The van der Waals surface area contributed by atoms with Gasteiger partial charge in [0.15, 0.2) is 16.6 Å². The number of hydrogen-bond acceptors (Lipinski definition) is 7. The molecule has 0 atom stereocenters. The molecule has 0 fully saturated rings. The molecule has 0 spiro atoms. The number of fused-ring (bicyclic) bond motifs is 1. The summed E-state index contributed by atoms with van der Waals surface area (Å²) >= 11 is 1.36. The second-order valence-electron chi connectivity index (χ2n) is 5.73. The molecule has 8 heteroatoms. The second-order valence-corrected chi connectivity index (χ2v) is 6.58. The quantitative estimate of drug-likeness (QED) is 0.677. The van der Waals surface area contributed by atoms with Gasteiger partial charge in [-0.3, -0.25) is 4.79 Å². The molecule has 2 N–H and O–H groups in total. The van der Waals surface area contributed by atoms with Gasteiger partial charge in [-0.15, -0.1) is 11.3 Å². The van der Waals surface area contributed by atoms with Crippen molar-refractivity contribution in [1.82, 2.24) is 10.3 Å². The zero-order chi connectivity index (χ0) is 18.6. The molecule has 1 aliphatic rings. The minimum absolute atomic E-state index is 0.229. The molecule has 2 heterocycles. The number of rotatable bonds is 6. The molecule has 1 amide bonds. The zero-order valence-electron chi connectivity index (χ0n) is 14.5. The molecule has 1 aliphatic heterocycles.